The summed E-state index contributed by atoms with van der Waals surface area (Å²) in [5.41, 5.74) is 2.34. The van der Waals surface area contributed by atoms with Crippen molar-refractivity contribution in [3.63, 3.8) is 0 Å². The Hall–Kier alpha value is -1.64. The second-order valence-electron chi connectivity index (χ2n) is 7.90. The summed E-state index contributed by atoms with van der Waals surface area (Å²) in [4.78, 5) is 14.9. The fourth-order valence-corrected chi connectivity index (χ4v) is 5.02. The molecule has 1 N–H and O–H groups in total. The number of nitrogens with zero attached hydrogens (tertiary/aromatic N) is 3. The predicted molar refractivity (Wildman–Crippen MR) is 111 cm³/mol. The number of carbonyl (C=O) groups excluding carboxylic acids is 1. The van der Waals surface area contributed by atoms with Gasteiger partial charge in [-0.1, -0.05) is 12.1 Å². The first-order valence-corrected chi connectivity index (χ1v) is 11.6. The van der Waals surface area contributed by atoms with Crippen LogP contribution in [0, 0.1) is 5.92 Å². The molecule has 2 heterocycles. The van der Waals surface area contributed by atoms with E-state index in [2.05, 4.69) is 34.5 Å². The van der Waals surface area contributed by atoms with Gasteiger partial charge in [-0.15, -0.1) is 0 Å². The van der Waals surface area contributed by atoms with Crippen LogP contribution in [0.4, 0.5) is 5.69 Å². The SMILES string of the molecule is CN(C)S(=O)(=O)N1CCC(C(=O)NCc2ccc(N3CCCCC3)cc2)CC1. The molecule has 0 bridgehead atoms. The molecule has 0 atom stereocenters. The summed E-state index contributed by atoms with van der Waals surface area (Å²) in [7, 11) is -0.322. The second kappa shape index (κ2) is 9.24. The summed E-state index contributed by atoms with van der Waals surface area (Å²) in [6.07, 6.45) is 4.96. The lowest BCUT2D eigenvalue weighted by Gasteiger charge is -2.32. The first kappa shape index (κ1) is 21.1. The van der Waals surface area contributed by atoms with Crippen LogP contribution in [0.5, 0.6) is 0 Å². The third-order valence-electron chi connectivity index (χ3n) is 5.74. The van der Waals surface area contributed by atoms with Crippen molar-refractivity contribution in [2.24, 2.45) is 5.92 Å². The van der Waals surface area contributed by atoms with Crippen LogP contribution < -0.4 is 10.2 Å². The molecule has 2 saturated heterocycles. The lowest BCUT2D eigenvalue weighted by atomic mass is 9.97. The van der Waals surface area contributed by atoms with E-state index in [0.29, 0.717) is 32.5 Å². The summed E-state index contributed by atoms with van der Waals surface area (Å²) in [5, 5.41) is 3.01. The maximum atomic E-state index is 12.5. The van der Waals surface area contributed by atoms with Gasteiger partial charge in [-0.3, -0.25) is 4.79 Å². The van der Waals surface area contributed by atoms with E-state index in [9.17, 15) is 13.2 Å². The fourth-order valence-electron chi connectivity index (χ4n) is 3.89. The molecule has 2 aliphatic rings. The predicted octanol–water partition coefficient (Wildman–Crippen LogP) is 1.81. The monoisotopic (exact) mass is 408 g/mol. The normalized spacial score (nSPS) is 19.8. The van der Waals surface area contributed by atoms with Crippen molar-refractivity contribution < 1.29 is 13.2 Å². The lowest BCUT2D eigenvalue weighted by molar-refractivity contribution is -0.126. The number of rotatable bonds is 6. The van der Waals surface area contributed by atoms with E-state index >= 15 is 0 Å². The molecule has 156 valence electrons. The first-order chi connectivity index (χ1) is 13.4. The Bertz CT molecular complexity index is 750. The van der Waals surface area contributed by atoms with E-state index < -0.39 is 10.2 Å². The Morgan fingerprint density at radius 1 is 1.04 bits per heavy atom. The molecule has 1 aromatic rings. The Kier molecular flexibility index (Phi) is 6.95. The van der Waals surface area contributed by atoms with Crippen molar-refractivity contribution in [1.29, 1.82) is 0 Å². The number of amides is 1. The molecule has 28 heavy (non-hydrogen) atoms. The summed E-state index contributed by atoms with van der Waals surface area (Å²) in [5.74, 6) is -0.108. The largest absolute Gasteiger partial charge is 0.372 e. The number of benzene rings is 1. The van der Waals surface area contributed by atoms with Crippen LogP contribution in [0.3, 0.4) is 0 Å². The number of nitrogens with one attached hydrogen (secondary N) is 1. The molecule has 2 fully saturated rings. The fraction of sp³-hybridized carbons (Fsp3) is 0.650. The minimum atomic E-state index is -3.39. The standard InChI is InChI=1S/C20H32N4O3S/c1-22(2)28(26,27)24-14-10-18(11-15-24)20(25)21-16-17-6-8-19(9-7-17)23-12-4-3-5-13-23/h6-9,18H,3-5,10-16H2,1-2H3,(H,21,25). The zero-order valence-electron chi connectivity index (χ0n) is 16.9. The minimum Gasteiger partial charge on any atom is -0.372 e. The Balaban J connectivity index is 1.46. The van der Waals surface area contributed by atoms with Crippen LogP contribution in [0.15, 0.2) is 24.3 Å². The average Bonchev–Trinajstić information content (AvgIpc) is 2.73. The van der Waals surface area contributed by atoms with Crippen LogP contribution in [0.1, 0.15) is 37.7 Å². The first-order valence-electron chi connectivity index (χ1n) is 10.2. The maximum absolute atomic E-state index is 12.5. The summed E-state index contributed by atoms with van der Waals surface area (Å²) < 4.78 is 27.0. The van der Waals surface area contributed by atoms with Crippen LogP contribution in [-0.4, -0.2) is 63.2 Å². The number of hydrogen-bond acceptors (Lipinski definition) is 4. The molecule has 0 aliphatic carbocycles. The molecule has 2 aliphatic heterocycles. The second-order valence-corrected chi connectivity index (χ2v) is 10.0. The molecule has 7 nitrogen and oxygen atoms in total. The molecule has 1 amide bonds. The van der Waals surface area contributed by atoms with Gasteiger partial charge >= 0.3 is 0 Å². The molecule has 8 heteroatoms. The minimum absolute atomic E-state index is 0.0157. The van der Waals surface area contributed by atoms with Gasteiger partial charge in [0.25, 0.3) is 10.2 Å². The van der Waals surface area contributed by atoms with Crippen molar-refractivity contribution in [3.05, 3.63) is 29.8 Å². The molecular formula is C20H32N4O3S. The molecular weight excluding hydrogens is 376 g/mol. The van der Waals surface area contributed by atoms with Gasteiger partial charge in [-0.2, -0.15) is 17.0 Å². The lowest BCUT2D eigenvalue weighted by Crippen LogP contribution is -2.46. The van der Waals surface area contributed by atoms with Crippen molar-refractivity contribution in [2.75, 3.05) is 45.2 Å². The van der Waals surface area contributed by atoms with E-state index in [1.807, 2.05) is 0 Å². The quantitative estimate of drug-likeness (QED) is 0.779. The van der Waals surface area contributed by atoms with Gasteiger partial charge in [-0.25, -0.2) is 0 Å². The highest BCUT2D eigenvalue weighted by atomic mass is 32.2. The summed E-state index contributed by atoms with van der Waals surface area (Å²) >= 11 is 0. The van der Waals surface area contributed by atoms with E-state index in [0.717, 1.165) is 18.7 Å². The Labute approximate surface area is 168 Å². The summed E-state index contributed by atoms with van der Waals surface area (Å²) in [6.45, 7) is 3.54. The van der Waals surface area contributed by atoms with Crippen LogP contribution in [0.2, 0.25) is 0 Å². The molecule has 0 spiro atoms. The van der Waals surface area contributed by atoms with Gasteiger partial charge < -0.3 is 10.2 Å². The topological polar surface area (TPSA) is 73.0 Å². The van der Waals surface area contributed by atoms with Gasteiger partial charge in [-0.05, 0) is 49.8 Å². The number of anilines is 1. The number of carbonyl (C=O) groups is 1. The molecule has 3 rings (SSSR count). The van der Waals surface area contributed by atoms with Gasteiger partial charge in [0, 0.05) is 58.4 Å². The van der Waals surface area contributed by atoms with E-state index in [1.54, 1.807) is 0 Å². The van der Waals surface area contributed by atoms with Crippen molar-refractivity contribution in [1.82, 2.24) is 13.9 Å². The molecule has 1 aromatic carbocycles. The van der Waals surface area contributed by atoms with E-state index in [4.69, 9.17) is 0 Å². The van der Waals surface area contributed by atoms with Crippen LogP contribution in [-0.2, 0) is 21.5 Å². The molecule has 0 aromatic heterocycles. The zero-order chi connectivity index (χ0) is 20.1. The smallest absolute Gasteiger partial charge is 0.281 e. The molecule has 0 saturated carbocycles. The Morgan fingerprint density at radius 3 is 2.21 bits per heavy atom. The van der Waals surface area contributed by atoms with Gasteiger partial charge in [0.15, 0.2) is 0 Å². The van der Waals surface area contributed by atoms with Crippen LogP contribution in [0.25, 0.3) is 0 Å². The number of hydrogen-bond donors (Lipinski definition) is 1. The summed E-state index contributed by atoms with van der Waals surface area (Å²) in [6, 6.07) is 8.43. The molecule has 0 radical (unpaired) electrons. The van der Waals surface area contributed by atoms with E-state index in [1.165, 1.54) is 47.7 Å². The van der Waals surface area contributed by atoms with Gasteiger partial charge in [0.2, 0.25) is 5.91 Å². The van der Waals surface area contributed by atoms with Crippen molar-refractivity contribution >= 4 is 21.8 Å². The highest BCUT2D eigenvalue weighted by Crippen LogP contribution is 2.22. The van der Waals surface area contributed by atoms with Gasteiger partial charge in [0.05, 0.1) is 0 Å². The highest BCUT2D eigenvalue weighted by molar-refractivity contribution is 7.86. The van der Waals surface area contributed by atoms with Crippen LogP contribution >= 0.6 is 0 Å². The third-order valence-corrected chi connectivity index (χ3v) is 7.68. The average molecular weight is 409 g/mol. The zero-order valence-corrected chi connectivity index (χ0v) is 17.7. The van der Waals surface area contributed by atoms with E-state index in [-0.39, 0.29) is 11.8 Å². The number of piperidine rings is 2. The maximum Gasteiger partial charge on any atom is 0.281 e. The van der Waals surface area contributed by atoms with Gasteiger partial charge in [0.1, 0.15) is 0 Å². The van der Waals surface area contributed by atoms with Crippen molar-refractivity contribution in [3.8, 4) is 0 Å². The Morgan fingerprint density at radius 2 is 1.64 bits per heavy atom. The molecule has 0 unspecified atom stereocenters. The third kappa shape index (κ3) is 5.04. The van der Waals surface area contributed by atoms with Crippen molar-refractivity contribution in [2.45, 2.75) is 38.6 Å². The highest BCUT2D eigenvalue weighted by Gasteiger charge is 2.32.